The van der Waals surface area contributed by atoms with E-state index in [1.165, 1.54) is 19.3 Å². The van der Waals surface area contributed by atoms with Crippen molar-refractivity contribution < 1.29 is 14.3 Å². The number of hydrogen-bond donors (Lipinski definition) is 0. The lowest BCUT2D eigenvalue weighted by molar-refractivity contribution is -0.0121. The van der Waals surface area contributed by atoms with Crippen LogP contribution in [0.15, 0.2) is 0 Å². The Kier molecular flexibility index (Phi) is 8.64. The standard InChI is InChI=1S/C16H30BrNO3/c1-16(2,3)21-15(19)18-11-8-14(9-12-18)20-13-7-5-4-6-10-17/h14H,4-13H2,1-3H3. The van der Waals surface area contributed by atoms with Crippen molar-refractivity contribution in [3.05, 3.63) is 0 Å². The van der Waals surface area contributed by atoms with Crippen molar-refractivity contribution in [2.75, 3.05) is 25.0 Å². The van der Waals surface area contributed by atoms with Crippen LogP contribution in [0.1, 0.15) is 59.3 Å². The highest BCUT2D eigenvalue weighted by Crippen LogP contribution is 2.17. The summed E-state index contributed by atoms with van der Waals surface area (Å²) in [5, 5.41) is 1.09. The molecule has 1 rings (SSSR count). The molecule has 0 N–H and O–H groups in total. The molecule has 0 aliphatic carbocycles. The number of hydrogen-bond acceptors (Lipinski definition) is 3. The number of alkyl halides is 1. The average Bonchev–Trinajstić information content (AvgIpc) is 2.41. The third-order valence-electron chi connectivity index (χ3n) is 3.48. The molecule has 1 aliphatic rings. The maximum atomic E-state index is 11.9. The molecule has 0 unspecified atom stereocenters. The largest absolute Gasteiger partial charge is 0.444 e. The van der Waals surface area contributed by atoms with Crippen LogP contribution in [0.5, 0.6) is 0 Å². The first kappa shape index (κ1) is 18.8. The predicted molar refractivity (Wildman–Crippen MR) is 89.0 cm³/mol. The molecule has 1 aliphatic heterocycles. The number of carbonyl (C=O) groups excluding carboxylic acids is 1. The molecule has 124 valence electrons. The molecule has 0 atom stereocenters. The molecule has 0 aromatic heterocycles. The Balaban J connectivity index is 2.10. The number of ether oxygens (including phenoxy) is 2. The third kappa shape index (κ3) is 8.67. The summed E-state index contributed by atoms with van der Waals surface area (Å²) < 4.78 is 11.3. The van der Waals surface area contributed by atoms with Crippen LogP contribution in [0.25, 0.3) is 0 Å². The molecule has 4 nitrogen and oxygen atoms in total. The summed E-state index contributed by atoms with van der Waals surface area (Å²) in [6, 6.07) is 0. The van der Waals surface area contributed by atoms with E-state index in [9.17, 15) is 4.79 Å². The summed E-state index contributed by atoms with van der Waals surface area (Å²) in [7, 11) is 0. The lowest BCUT2D eigenvalue weighted by Crippen LogP contribution is -2.43. The molecule has 21 heavy (non-hydrogen) atoms. The minimum absolute atomic E-state index is 0.198. The van der Waals surface area contributed by atoms with Crippen molar-refractivity contribution in [1.82, 2.24) is 4.90 Å². The molecule has 1 heterocycles. The van der Waals surface area contributed by atoms with E-state index in [0.717, 1.165) is 44.3 Å². The van der Waals surface area contributed by atoms with Gasteiger partial charge in [-0.3, -0.25) is 0 Å². The van der Waals surface area contributed by atoms with Gasteiger partial charge in [0.2, 0.25) is 0 Å². The van der Waals surface area contributed by atoms with E-state index in [1.807, 2.05) is 20.8 Å². The van der Waals surface area contributed by atoms with E-state index in [2.05, 4.69) is 15.9 Å². The highest BCUT2D eigenvalue weighted by atomic mass is 79.9. The second-order valence-corrected chi connectivity index (χ2v) is 7.43. The van der Waals surface area contributed by atoms with E-state index in [0.29, 0.717) is 6.10 Å². The number of amides is 1. The molecule has 0 bridgehead atoms. The Labute approximate surface area is 137 Å². The van der Waals surface area contributed by atoms with Crippen molar-refractivity contribution in [2.45, 2.75) is 71.0 Å². The number of nitrogens with zero attached hydrogens (tertiary/aromatic N) is 1. The van der Waals surface area contributed by atoms with Crippen molar-refractivity contribution in [3.63, 3.8) is 0 Å². The van der Waals surface area contributed by atoms with Gasteiger partial charge < -0.3 is 14.4 Å². The first-order chi connectivity index (χ1) is 9.92. The van der Waals surface area contributed by atoms with E-state index >= 15 is 0 Å². The summed E-state index contributed by atoms with van der Waals surface area (Å²) in [4.78, 5) is 13.7. The van der Waals surface area contributed by atoms with Gasteiger partial charge in [0.05, 0.1) is 6.10 Å². The zero-order valence-corrected chi connectivity index (χ0v) is 15.3. The summed E-state index contributed by atoms with van der Waals surface area (Å²) in [5.41, 5.74) is -0.417. The summed E-state index contributed by atoms with van der Waals surface area (Å²) in [5.74, 6) is 0. The SMILES string of the molecule is CC(C)(C)OC(=O)N1CCC(OCCCCCCBr)CC1. The predicted octanol–water partition coefficient (Wildman–Crippen LogP) is 4.36. The number of carbonyl (C=O) groups is 1. The first-order valence-corrected chi connectivity index (χ1v) is 9.20. The fourth-order valence-corrected chi connectivity index (χ4v) is 2.73. The zero-order valence-electron chi connectivity index (χ0n) is 13.7. The Bertz CT molecular complexity index is 296. The van der Waals surface area contributed by atoms with Crippen LogP contribution in [-0.2, 0) is 9.47 Å². The van der Waals surface area contributed by atoms with Gasteiger partial charge in [-0.25, -0.2) is 4.79 Å². The topological polar surface area (TPSA) is 38.8 Å². The Morgan fingerprint density at radius 3 is 2.33 bits per heavy atom. The van der Waals surface area contributed by atoms with E-state index < -0.39 is 5.60 Å². The second kappa shape index (κ2) is 9.67. The van der Waals surface area contributed by atoms with Gasteiger partial charge in [-0.1, -0.05) is 28.8 Å². The lowest BCUT2D eigenvalue weighted by atomic mass is 10.1. The molecular weight excluding hydrogens is 334 g/mol. The first-order valence-electron chi connectivity index (χ1n) is 8.08. The van der Waals surface area contributed by atoms with Gasteiger partial charge in [-0.05, 0) is 46.5 Å². The van der Waals surface area contributed by atoms with Crippen LogP contribution in [0.2, 0.25) is 0 Å². The molecule has 0 spiro atoms. The molecule has 1 saturated heterocycles. The van der Waals surface area contributed by atoms with Crippen LogP contribution in [0.3, 0.4) is 0 Å². The molecule has 0 aromatic rings. The zero-order chi connectivity index (χ0) is 15.7. The monoisotopic (exact) mass is 363 g/mol. The molecule has 0 radical (unpaired) electrons. The van der Waals surface area contributed by atoms with Crippen molar-refractivity contribution in [2.24, 2.45) is 0 Å². The summed E-state index contributed by atoms with van der Waals surface area (Å²) in [6.07, 6.45) is 6.83. The third-order valence-corrected chi connectivity index (χ3v) is 4.04. The molecule has 1 fully saturated rings. The molecule has 1 amide bonds. The maximum absolute atomic E-state index is 11.9. The van der Waals surface area contributed by atoms with E-state index in [1.54, 1.807) is 4.90 Å². The van der Waals surface area contributed by atoms with Gasteiger partial charge in [0.25, 0.3) is 0 Å². The Morgan fingerprint density at radius 2 is 1.76 bits per heavy atom. The second-order valence-electron chi connectivity index (χ2n) is 6.64. The Hall–Kier alpha value is -0.290. The normalized spacial score (nSPS) is 17.0. The van der Waals surface area contributed by atoms with Crippen LogP contribution < -0.4 is 0 Å². The molecular formula is C16H30BrNO3. The number of piperidine rings is 1. The maximum Gasteiger partial charge on any atom is 0.410 e. The van der Waals surface area contributed by atoms with Crippen molar-refractivity contribution in [3.8, 4) is 0 Å². The molecule has 5 heteroatoms. The van der Waals surface area contributed by atoms with Crippen molar-refractivity contribution in [1.29, 1.82) is 0 Å². The smallest absolute Gasteiger partial charge is 0.410 e. The lowest BCUT2D eigenvalue weighted by Gasteiger charge is -2.33. The average molecular weight is 364 g/mol. The minimum atomic E-state index is -0.417. The summed E-state index contributed by atoms with van der Waals surface area (Å²) >= 11 is 3.44. The van der Waals surface area contributed by atoms with E-state index in [4.69, 9.17) is 9.47 Å². The van der Waals surface area contributed by atoms with Gasteiger partial charge in [0, 0.05) is 25.0 Å². The van der Waals surface area contributed by atoms with Crippen LogP contribution in [-0.4, -0.2) is 47.7 Å². The fraction of sp³-hybridized carbons (Fsp3) is 0.938. The van der Waals surface area contributed by atoms with Gasteiger partial charge >= 0.3 is 6.09 Å². The van der Waals surface area contributed by atoms with Gasteiger partial charge in [-0.2, -0.15) is 0 Å². The fourth-order valence-electron chi connectivity index (χ4n) is 2.33. The van der Waals surface area contributed by atoms with Crippen molar-refractivity contribution >= 4 is 22.0 Å². The van der Waals surface area contributed by atoms with Crippen LogP contribution in [0.4, 0.5) is 4.79 Å². The van der Waals surface area contributed by atoms with E-state index in [-0.39, 0.29) is 6.09 Å². The number of likely N-dealkylation sites (tertiary alicyclic amines) is 1. The highest BCUT2D eigenvalue weighted by molar-refractivity contribution is 9.09. The molecule has 0 aromatic carbocycles. The number of unbranched alkanes of at least 4 members (excludes halogenated alkanes) is 3. The summed E-state index contributed by atoms with van der Waals surface area (Å²) in [6.45, 7) is 8.02. The number of halogens is 1. The molecule has 0 saturated carbocycles. The highest BCUT2D eigenvalue weighted by Gasteiger charge is 2.26. The Morgan fingerprint density at radius 1 is 1.14 bits per heavy atom. The minimum Gasteiger partial charge on any atom is -0.444 e. The van der Waals surface area contributed by atoms with Crippen LogP contribution in [0, 0.1) is 0 Å². The van der Waals surface area contributed by atoms with Gasteiger partial charge in [-0.15, -0.1) is 0 Å². The number of rotatable bonds is 7. The quantitative estimate of drug-likeness (QED) is 0.498. The van der Waals surface area contributed by atoms with Gasteiger partial charge in [0.15, 0.2) is 0 Å². The van der Waals surface area contributed by atoms with Gasteiger partial charge in [0.1, 0.15) is 5.60 Å². The van der Waals surface area contributed by atoms with Crippen LogP contribution >= 0.6 is 15.9 Å².